The molecule has 1 atom stereocenters. The first-order chi connectivity index (χ1) is 7.79. The highest BCUT2D eigenvalue weighted by Crippen LogP contribution is 2.19. The Labute approximate surface area is 102 Å². The summed E-state index contributed by atoms with van der Waals surface area (Å²) in [5.41, 5.74) is 7.02. The van der Waals surface area contributed by atoms with E-state index in [1.165, 1.54) is 24.8 Å². The van der Waals surface area contributed by atoms with Gasteiger partial charge in [-0.05, 0) is 37.1 Å². The summed E-state index contributed by atoms with van der Waals surface area (Å²) in [4.78, 5) is 6.45. The highest BCUT2D eigenvalue weighted by Gasteiger charge is 2.20. The van der Waals surface area contributed by atoms with Crippen molar-refractivity contribution in [2.45, 2.75) is 31.8 Å². The van der Waals surface area contributed by atoms with E-state index in [4.69, 9.17) is 17.3 Å². The number of nitrogens with two attached hydrogens (primary N) is 1. The largest absolute Gasteiger partial charge is 0.329 e. The van der Waals surface area contributed by atoms with E-state index in [2.05, 4.69) is 9.88 Å². The van der Waals surface area contributed by atoms with Crippen LogP contribution in [0, 0.1) is 0 Å². The zero-order chi connectivity index (χ0) is 11.4. The van der Waals surface area contributed by atoms with Gasteiger partial charge in [-0.1, -0.05) is 18.0 Å². The summed E-state index contributed by atoms with van der Waals surface area (Å²) < 4.78 is 0. The third kappa shape index (κ3) is 2.94. The van der Waals surface area contributed by atoms with Crippen LogP contribution >= 0.6 is 11.6 Å². The minimum Gasteiger partial charge on any atom is -0.329 e. The maximum atomic E-state index is 5.88. The Balaban J connectivity index is 2.02. The molecule has 3 nitrogen and oxygen atoms in total. The van der Waals surface area contributed by atoms with Gasteiger partial charge >= 0.3 is 0 Å². The van der Waals surface area contributed by atoms with Crippen molar-refractivity contribution in [3.8, 4) is 0 Å². The molecule has 88 valence electrons. The molecule has 2 rings (SSSR count). The van der Waals surface area contributed by atoms with Gasteiger partial charge in [-0.15, -0.1) is 0 Å². The van der Waals surface area contributed by atoms with Crippen molar-refractivity contribution in [1.82, 2.24) is 9.88 Å². The fraction of sp³-hybridized carbons (Fsp3) is 0.583. The van der Waals surface area contributed by atoms with Crippen molar-refractivity contribution in [2.24, 2.45) is 5.73 Å². The summed E-state index contributed by atoms with van der Waals surface area (Å²) in [5.74, 6) is 0. The van der Waals surface area contributed by atoms with Gasteiger partial charge in [0.15, 0.2) is 0 Å². The third-order valence-electron chi connectivity index (χ3n) is 3.20. The molecule has 1 fully saturated rings. The first kappa shape index (κ1) is 11.8. The summed E-state index contributed by atoms with van der Waals surface area (Å²) in [7, 11) is 0. The van der Waals surface area contributed by atoms with E-state index in [1.807, 2.05) is 12.1 Å². The Morgan fingerprint density at radius 1 is 1.50 bits per heavy atom. The molecule has 0 aliphatic carbocycles. The molecule has 0 aromatic carbocycles. The zero-order valence-corrected chi connectivity index (χ0v) is 10.2. The number of nitrogens with zero attached hydrogens (tertiary/aromatic N) is 2. The van der Waals surface area contributed by atoms with Crippen LogP contribution < -0.4 is 5.73 Å². The molecule has 1 aromatic rings. The summed E-state index contributed by atoms with van der Waals surface area (Å²) in [6, 6.07) is 4.48. The SMILES string of the molecule is NCC1CCCCN1Cc1ccnc(Cl)c1. The quantitative estimate of drug-likeness (QED) is 0.821. The van der Waals surface area contributed by atoms with E-state index >= 15 is 0 Å². The van der Waals surface area contributed by atoms with Crippen molar-refractivity contribution in [2.75, 3.05) is 13.1 Å². The lowest BCUT2D eigenvalue weighted by Gasteiger charge is -2.34. The number of halogens is 1. The first-order valence-electron chi connectivity index (χ1n) is 5.84. The monoisotopic (exact) mass is 239 g/mol. The predicted molar refractivity (Wildman–Crippen MR) is 66.4 cm³/mol. The molecule has 1 aliphatic heterocycles. The Morgan fingerprint density at radius 2 is 2.38 bits per heavy atom. The van der Waals surface area contributed by atoms with E-state index in [1.54, 1.807) is 6.20 Å². The summed E-state index contributed by atoms with van der Waals surface area (Å²) in [6.45, 7) is 2.82. The molecule has 16 heavy (non-hydrogen) atoms. The highest BCUT2D eigenvalue weighted by atomic mass is 35.5. The number of likely N-dealkylation sites (tertiary alicyclic amines) is 1. The number of aromatic nitrogens is 1. The van der Waals surface area contributed by atoms with Gasteiger partial charge in [0.05, 0.1) is 0 Å². The van der Waals surface area contributed by atoms with E-state index < -0.39 is 0 Å². The van der Waals surface area contributed by atoms with E-state index in [0.717, 1.165) is 19.6 Å². The van der Waals surface area contributed by atoms with Crippen molar-refractivity contribution in [3.63, 3.8) is 0 Å². The van der Waals surface area contributed by atoms with Crippen LogP contribution in [0.15, 0.2) is 18.3 Å². The van der Waals surface area contributed by atoms with Gasteiger partial charge in [0.25, 0.3) is 0 Å². The number of hydrogen-bond acceptors (Lipinski definition) is 3. The van der Waals surface area contributed by atoms with Crippen LogP contribution in [0.1, 0.15) is 24.8 Å². The van der Waals surface area contributed by atoms with E-state index in [-0.39, 0.29) is 0 Å². The molecule has 1 unspecified atom stereocenters. The number of rotatable bonds is 3. The fourth-order valence-electron chi connectivity index (χ4n) is 2.31. The highest BCUT2D eigenvalue weighted by molar-refractivity contribution is 6.29. The van der Waals surface area contributed by atoms with Gasteiger partial charge in [0, 0.05) is 25.3 Å². The topological polar surface area (TPSA) is 42.1 Å². The van der Waals surface area contributed by atoms with Crippen molar-refractivity contribution in [3.05, 3.63) is 29.0 Å². The smallest absolute Gasteiger partial charge is 0.129 e. The molecule has 2 heterocycles. The fourth-order valence-corrected chi connectivity index (χ4v) is 2.51. The predicted octanol–water partition coefficient (Wildman–Crippen LogP) is 2.05. The lowest BCUT2D eigenvalue weighted by atomic mass is 10.0. The second-order valence-electron chi connectivity index (χ2n) is 4.34. The van der Waals surface area contributed by atoms with Gasteiger partial charge < -0.3 is 5.73 Å². The van der Waals surface area contributed by atoms with Gasteiger partial charge in [-0.25, -0.2) is 4.98 Å². The van der Waals surface area contributed by atoms with Crippen LogP contribution in [0.3, 0.4) is 0 Å². The van der Waals surface area contributed by atoms with Crippen LogP contribution in [-0.4, -0.2) is 29.0 Å². The molecule has 0 saturated carbocycles. The van der Waals surface area contributed by atoms with Crippen molar-refractivity contribution in [1.29, 1.82) is 0 Å². The van der Waals surface area contributed by atoms with Crippen molar-refractivity contribution < 1.29 is 0 Å². The molecule has 0 bridgehead atoms. The second-order valence-corrected chi connectivity index (χ2v) is 4.73. The minimum absolute atomic E-state index is 0.528. The average Bonchev–Trinajstić information content (AvgIpc) is 2.30. The number of piperidine rings is 1. The number of pyridine rings is 1. The molecule has 1 saturated heterocycles. The van der Waals surface area contributed by atoms with Gasteiger partial charge in [-0.3, -0.25) is 4.90 Å². The van der Waals surface area contributed by atoms with E-state index in [9.17, 15) is 0 Å². The minimum atomic E-state index is 0.528. The van der Waals surface area contributed by atoms with Crippen LogP contribution in [0.4, 0.5) is 0 Å². The maximum Gasteiger partial charge on any atom is 0.129 e. The third-order valence-corrected chi connectivity index (χ3v) is 3.40. The van der Waals surface area contributed by atoms with E-state index in [0.29, 0.717) is 11.2 Å². The normalized spacial score (nSPS) is 22.2. The second kappa shape index (κ2) is 5.62. The Hall–Kier alpha value is -0.640. The zero-order valence-electron chi connectivity index (χ0n) is 9.40. The van der Waals surface area contributed by atoms with Crippen LogP contribution in [-0.2, 0) is 6.54 Å². The van der Waals surface area contributed by atoms with Crippen molar-refractivity contribution >= 4 is 11.6 Å². The molecule has 0 radical (unpaired) electrons. The standard InChI is InChI=1S/C12H18ClN3/c13-12-7-10(4-5-15-12)9-16-6-2-1-3-11(16)8-14/h4-5,7,11H,1-3,6,8-9,14H2. The average molecular weight is 240 g/mol. The molecular weight excluding hydrogens is 222 g/mol. The Morgan fingerprint density at radius 3 is 3.12 bits per heavy atom. The maximum absolute atomic E-state index is 5.88. The lowest BCUT2D eigenvalue weighted by molar-refractivity contribution is 0.145. The lowest BCUT2D eigenvalue weighted by Crippen LogP contribution is -2.43. The Kier molecular flexibility index (Phi) is 4.16. The van der Waals surface area contributed by atoms with Gasteiger partial charge in [-0.2, -0.15) is 0 Å². The van der Waals surface area contributed by atoms with Crippen LogP contribution in [0.2, 0.25) is 5.15 Å². The van der Waals surface area contributed by atoms with Crippen LogP contribution in [0.5, 0.6) is 0 Å². The molecule has 0 spiro atoms. The molecular formula is C12H18ClN3. The summed E-state index contributed by atoms with van der Waals surface area (Å²) >= 11 is 5.88. The summed E-state index contributed by atoms with van der Waals surface area (Å²) in [6.07, 6.45) is 5.55. The van der Waals surface area contributed by atoms with Gasteiger partial charge in [0.1, 0.15) is 5.15 Å². The number of hydrogen-bond donors (Lipinski definition) is 1. The van der Waals surface area contributed by atoms with Gasteiger partial charge in [0.2, 0.25) is 0 Å². The molecule has 2 N–H and O–H groups in total. The molecule has 0 amide bonds. The molecule has 4 heteroatoms. The van der Waals surface area contributed by atoms with Crippen LogP contribution in [0.25, 0.3) is 0 Å². The molecule has 1 aromatic heterocycles. The Bertz CT molecular complexity index is 343. The first-order valence-corrected chi connectivity index (χ1v) is 6.22. The summed E-state index contributed by atoms with van der Waals surface area (Å²) in [5, 5.41) is 0.568. The molecule has 1 aliphatic rings.